The fourth-order valence-electron chi connectivity index (χ4n) is 3.23. The quantitative estimate of drug-likeness (QED) is 0.765. The van der Waals surface area contributed by atoms with Gasteiger partial charge in [-0.15, -0.1) is 0 Å². The topological polar surface area (TPSA) is 15.3 Å². The van der Waals surface area contributed by atoms with Crippen molar-refractivity contribution in [3.63, 3.8) is 0 Å². The van der Waals surface area contributed by atoms with Crippen molar-refractivity contribution >= 4 is 0 Å². The van der Waals surface area contributed by atoms with Crippen LogP contribution in [-0.4, -0.2) is 38.1 Å². The van der Waals surface area contributed by atoms with E-state index in [1.165, 1.54) is 64.7 Å². The molecule has 1 aliphatic carbocycles. The molecule has 0 aromatic rings. The van der Waals surface area contributed by atoms with E-state index in [9.17, 15) is 0 Å². The zero-order chi connectivity index (χ0) is 12.1. The maximum atomic E-state index is 3.54. The molecule has 2 unspecified atom stereocenters. The lowest BCUT2D eigenvalue weighted by atomic mass is 9.84. The predicted octanol–water partition coefficient (Wildman–Crippen LogP) is 2.74. The van der Waals surface area contributed by atoms with E-state index in [0.29, 0.717) is 0 Å². The largest absolute Gasteiger partial charge is 0.316 e. The molecule has 100 valence electrons. The Morgan fingerprint density at radius 3 is 2.65 bits per heavy atom. The maximum Gasteiger partial charge on any atom is 0.000661 e. The molecule has 1 saturated heterocycles. The van der Waals surface area contributed by atoms with Gasteiger partial charge in [-0.1, -0.05) is 13.3 Å². The van der Waals surface area contributed by atoms with Crippen molar-refractivity contribution in [2.75, 3.05) is 33.2 Å². The third kappa shape index (κ3) is 4.26. The van der Waals surface area contributed by atoms with Crippen molar-refractivity contribution in [2.45, 2.75) is 45.4 Å². The highest BCUT2D eigenvalue weighted by Gasteiger charge is 2.22. The Morgan fingerprint density at radius 1 is 1.24 bits per heavy atom. The standard InChI is InChI=1S/C15H30N2/c1-13(15-7-4-9-16-11-15)8-10-17(2)12-14-5-3-6-14/h13-16H,3-12H2,1-2H3. The summed E-state index contributed by atoms with van der Waals surface area (Å²) in [5.74, 6) is 2.85. The Balaban J connectivity index is 1.58. The van der Waals surface area contributed by atoms with Crippen LogP contribution in [0, 0.1) is 17.8 Å². The van der Waals surface area contributed by atoms with Gasteiger partial charge in [-0.3, -0.25) is 0 Å². The first-order valence-corrected chi connectivity index (χ1v) is 7.65. The Bertz CT molecular complexity index is 207. The minimum absolute atomic E-state index is 0.895. The van der Waals surface area contributed by atoms with E-state index in [2.05, 4.69) is 24.2 Å². The van der Waals surface area contributed by atoms with Crippen LogP contribution in [0.25, 0.3) is 0 Å². The number of hydrogen-bond acceptors (Lipinski definition) is 2. The van der Waals surface area contributed by atoms with Crippen LogP contribution in [0.5, 0.6) is 0 Å². The average molecular weight is 238 g/mol. The number of piperidine rings is 1. The SMILES string of the molecule is CC(CCN(C)CC1CCC1)C1CCCNC1. The fourth-order valence-corrected chi connectivity index (χ4v) is 3.23. The normalized spacial score (nSPS) is 28.1. The summed E-state index contributed by atoms with van der Waals surface area (Å²) in [7, 11) is 2.31. The van der Waals surface area contributed by atoms with Crippen LogP contribution >= 0.6 is 0 Å². The van der Waals surface area contributed by atoms with Gasteiger partial charge in [0.1, 0.15) is 0 Å². The zero-order valence-electron chi connectivity index (χ0n) is 11.8. The van der Waals surface area contributed by atoms with Crippen molar-refractivity contribution in [3.05, 3.63) is 0 Å². The molecule has 1 saturated carbocycles. The summed E-state index contributed by atoms with van der Waals surface area (Å²) in [5.41, 5.74) is 0. The molecule has 2 heteroatoms. The molecule has 2 fully saturated rings. The molecule has 1 aliphatic heterocycles. The summed E-state index contributed by atoms with van der Waals surface area (Å²) in [6.07, 6.45) is 8.64. The molecule has 0 aromatic carbocycles. The first kappa shape index (κ1) is 13.4. The predicted molar refractivity (Wildman–Crippen MR) is 74.2 cm³/mol. The van der Waals surface area contributed by atoms with Crippen molar-refractivity contribution in [1.29, 1.82) is 0 Å². The van der Waals surface area contributed by atoms with E-state index in [4.69, 9.17) is 0 Å². The summed E-state index contributed by atoms with van der Waals surface area (Å²) in [4.78, 5) is 2.57. The third-order valence-electron chi connectivity index (χ3n) is 4.90. The van der Waals surface area contributed by atoms with Crippen LogP contribution in [0.15, 0.2) is 0 Å². The van der Waals surface area contributed by atoms with E-state index >= 15 is 0 Å². The van der Waals surface area contributed by atoms with E-state index in [-0.39, 0.29) is 0 Å². The molecule has 2 aliphatic rings. The van der Waals surface area contributed by atoms with Crippen molar-refractivity contribution in [3.8, 4) is 0 Å². The Labute approximate surface area is 107 Å². The van der Waals surface area contributed by atoms with Gasteiger partial charge in [0.15, 0.2) is 0 Å². The number of nitrogens with one attached hydrogen (secondary N) is 1. The maximum absolute atomic E-state index is 3.54. The summed E-state index contributed by atoms with van der Waals surface area (Å²) in [6.45, 7) is 7.59. The van der Waals surface area contributed by atoms with E-state index in [1.807, 2.05) is 0 Å². The van der Waals surface area contributed by atoms with Crippen molar-refractivity contribution < 1.29 is 0 Å². The lowest BCUT2D eigenvalue weighted by Crippen LogP contribution is -2.35. The molecule has 1 heterocycles. The van der Waals surface area contributed by atoms with E-state index < -0.39 is 0 Å². The molecule has 0 spiro atoms. The van der Waals surface area contributed by atoms with Crippen LogP contribution < -0.4 is 5.32 Å². The molecular formula is C15H30N2. The second kappa shape index (κ2) is 6.75. The Hall–Kier alpha value is -0.0800. The van der Waals surface area contributed by atoms with Crippen LogP contribution in [0.1, 0.15) is 45.4 Å². The summed E-state index contributed by atoms with van der Waals surface area (Å²) >= 11 is 0. The van der Waals surface area contributed by atoms with Gasteiger partial charge in [0.05, 0.1) is 0 Å². The first-order chi connectivity index (χ1) is 8.25. The van der Waals surface area contributed by atoms with Gasteiger partial charge in [-0.2, -0.15) is 0 Å². The van der Waals surface area contributed by atoms with Crippen LogP contribution in [-0.2, 0) is 0 Å². The monoisotopic (exact) mass is 238 g/mol. The number of nitrogens with zero attached hydrogens (tertiary/aromatic N) is 1. The highest BCUT2D eigenvalue weighted by Crippen LogP contribution is 2.27. The molecule has 2 rings (SSSR count). The summed E-state index contributed by atoms with van der Waals surface area (Å²) in [6, 6.07) is 0. The van der Waals surface area contributed by atoms with Crippen LogP contribution in [0.2, 0.25) is 0 Å². The smallest absolute Gasteiger partial charge is 0.000661 e. The van der Waals surface area contributed by atoms with Gasteiger partial charge >= 0.3 is 0 Å². The highest BCUT2D eigenvalue weighted by molar-refractivity contribution is 4.76. The molecule has 0 amide bonds. The third-order valence-corrected chi connectivity index (χ3v) is 4.90. The molecule has 0 bridgehead atoms. The van der Waals surface area contributed by atoms with Gasteiger partial charge in [-0.05, 0) is 76.5 Å². The van der Waals surface area contributed by atoms with Crippen LogP contribution in [0.3, 0.4) is 0 Å². The molecule has 1 N–H and O–H groups in total. The second-order valence-corrected chi connectivity index (χ2v) is 6.43. The summed E-state index contributed by atoms with van der Waals surface area (Å²) in [5, 5.41) is 3.54. The number of rotatable bonds is 6. The minimum Gasteiger partial charge on any atom is -0.316 e. The van der Waals surface area contributed by atoms with E-state index in [1.54, 1.807) is 0 Å². The Kier molecular flexibility index (Phi) is 5.30. The van der Waals surface area contributed by atoms with Gasteiger partial charge in [0.2, 0.25) is 0 Å². The average Bonchev–Trinajstić information content (AvgIpc) is 2.32. The van der Waals surface area contributed by atoms with Gasteiger partial charge in [0, 0.05) is 6.54 Å². The Morgan fingerprint density at radius 2 is 2.06 bits per heavy atom. The lowest BCUT2D eigenvalue weighted by molar-refractivity contribution is 0.183. The van der Waals surface area contributed by atoms with Crippen LogP contribution in [0.4, 0.5) is 0 Å². The van der Waals surface area contributed by atoms with Gasteiger partial charge < -0.3 is 10.2 Å². The van der Waals surface area contributed by atoms with Gasteiger partial charge in [-0.25, -0.2) is 0 Å². The second-order valence-electron chi connectivity index (χ2n) is 6.43. The highest BCUT2D eigenvalue weighted by atomic mass is 15.1. The fraction of sp³-hybridized carbons (Fsp3) is 1.00. The summed E-state index contributed by atoms with van der Waals surface area (Å²) < 4.78 is 0. The zero-order valence-corrected chi connectivity index (χ0v) is 11.8. The van der Waals surface area contributed by atoms with E-state index in [0.717, 1.165) is 17.8 Å². The molecule has 2 atom stereocenters. The van der Waals surface area contributed by atoms with Crippen molar-refractivity contribution in [2.24, 2.45) is 17.8 Å². The lowest BCUT2D eigenvalue weighted by Gasteiger charge is -2.32. The molecule has 2 nitrogen and oxygen atoms in total. The molecule has 0 radical (unpaired) electrons. The number of hydrogen-bond donors (Lipinski definition) is 1. The molecular weight excluding hydrogens is 208 g/mol. The molecule has 0 aromatic heterocycles. The molecule has 17 heavy (non-hydrogen) atoms. The minimum atomic E-state index is 0.895. The first-order valence-electron chi connectivity index (χ1n) is 7.65. The van der Waals surface area contributed by atoms with Crippen molar-refractivity contribution in [1.82, 2.24) is 10.2 Å². The van der Waals surface area contributed by atoms with Gasteiger partial charge in [0.25, 0.3) is 0 Å².